The quantitative estimate of drug-likeness (QED) is 0.336. The normalized spacial score (nSPS) is 24.5. The van der Waals surface area contributed by atoms with Gasteiger partial charge in [0, 0.05) is 54.8 Å². The highest BCUT2D eigenvalue weighted by Crippen LogP contribution is 2.33. The number of hydrogen-bond donors (Lipinski definition) is 1. The fourth-order valence-corrected chi connectivity index (χ4v) is 4.93. The highest BCUT2D eigenvalue weighted by atomic mass is 127. The Morgan fingerprint density at radius 2 is 1.81 bits per heavy atom. The molecule has 3 rings (SSSR count). The van der Waals surface area contributed by atoms with E-state index in [1.165, 1.54) is 25.8 Å². The van der Waals surface area contributed by atoms with E-state index < -0.39 is 0 Å². The first-order valence-corrected chi connectivity index (χ1v) is 11.2. The number of hydrogen-bond acceptors (Lipinski definition) is 3. The van der Waals surface area contributed by atoms with Crippen LogP contribution in [0.5, 0.6) is 0 Å². The van der Waals surface area contributed by atoms with Crippen molar-refractivity contribution in [3.63, 3.8) is 0 Å². The number of carbonyl (C=O) groups excluding carboxylic acids is 1. The van der Waals surface area contributed by atoms with E-state index in [9.17, 15) is 4.79 Å². The maximum Gasteiger partial charge on any atom is 0.280 e. The molecule has 4 nitrogen and oxygen atoms in total. The Balaban J connectivity index is 1.38. The van der Waals surface area contributed by atoms with Gasteiger partial charge in [-0.2, -0.15) is 0 Å². The van der Waals surface area contributed by atoms with Crippen molar-refractivity contribution in [3.05, 3.63) is 28.2 Å². The van der Waals surface area contributed by atoms with E-state index in [2.05, 4.69) is 21.2 Å². The molecule has 2 aliphatic rings. The summed E-state index contributed by atoms with van der Waals surface area (Å²) in [6.07, 6.45) is 5.99. The molecule has 1 aliphatic heterocycles. The van der Waals surface area contributed by atoms with Gasteiger partial charge in [0.25, 0.3) is 3.91 Å². The first-order valence-electron chi connectivity index (χ1n) is 9.40. The summed E-state index contributed by atoms with van der Waals surface area (Å²) in [6.45, 7) is 5.31. The highest BCUT2D eigenvalue weighted by Gasteiger charge is 2.24. The lowest BCUT2D eigenvalue weighted by molar-refractivity contribution is 0.210. The van der Waals surface area contributed by atoms with Crippen LogP contribution in [-0.2, 0) is 0 Å². The molecule has 7 heteroatoms. The van der Waals surface area contributed by atoms with Crippen molar-refractivity contribution in [1.82, 2.24) is 10.2 Å². The van der Waals surface area contributed by atoms with Gasteiger partial charge in [-0.05, 0) is 56.7 Å². The van der Waals surface area contributed by atoms with E-state index in [0.717, 1.165) is 50.6 Å². The van der Waals surface area contributed by atoms with Crippen LogP contribution in [0.15, 0.2) is 18.2 Å². The van der Waals surface area contributed by atoms with Gasteiger partial charge >= 0.3 is 0 Å². The summed E-state index contributed by atoms with van der Waals surface area (Å²) >= 11 is 14.3. The summed E-state index contributed by atoms with van der Waals surface area (Å²) in [5.74, 6) is 0.803. The Labute approximate surface area is 179 Å². The minimum atomic E-state index is 0.0729. The van der Waals surface area contributed by atoms with Crippen LogP contribution >= 0.6 is 45.8 Å². The van der Waals surface area contributed by atoms with Crippen LogP contribution in [0, 0.1) is 5.92 Å². The van der Waals surface area contributed by atoms with Gasteiger partial charge in [-0.15, -0.1) is 0 Å². The molecule has 1 N–H and O–H groups in total. The lowest BCUT2D eigenvalue weighted by atomic mass is 9.84. The number of anilines is 1. The molecule has 0 aromatic heterocycles. The topological polar surface area (TPSA) is 35.6 Å². The number of piperazine rings is 1. The molecule has 1 aromatic carbocycles. The molecule has 1 aromatic rings. The first kappa shape index (κ1) is 20.5. The van der Waals surface area contributed by atoms with E-state index >= 15 is 0 Å². The van der Waals surface area contributed by atoms with Crippen LogP contribution in [0.1, 0.15) is 32.1 Å². The van der Waals surface area contributed by atoms with Crippen molar-refractivity contribution < 1.29 is 4.79 Å². The van der Waals surface area contributed by atoms with Crippen molar-refractivity contribution in [1.29, 1.82) is 0 Å². The molecule has 1 amide bonds. The van der Waals surface area contributed by atoms with Crippen molar-refractivity contribution in [2.75, 3.05) is 37.6 Å². The van der Waals surface area contributed by atoms with E-state index in [4.69, 9.17) is 23.2 Å². The van der Waals surface area contributed by atoms with Gasteiger partial charge in [0.05, 0.1) is 15.7 Å². The predicted molar refractivity (Wildman–Crippen MR) is 118 cm³/mol. The first-order chi connectivity index (χ1) is 12.5. The molecule has 0 bridgehead atoms. The summed E-state index contributed by atoms with van der Waals surface area (Å²) in [6, 6.07) is 6.25. The smallest absolute Gasteiger partial charge is 0.280 e. The lowest BCUT2D eigenvalue weighted by Gasteiger charge is -2.37. The summed E-state index contributed by atoms with van der Waals surface area (Å²) in [5, 5.41) is 4.34. The van der Waals surface area contributed by atoms with Gasteiger partial charge in [0.2, 0.25) is 0 Å². The summed E-state index contributed by atoms with van der Waals surface area (Å²) in [7, 11) is 0. The molecule has 26 heavy (non-hydrogen) atoms. The average molecular weight is 510 g/mol. The van der Waals surface area contributed by atoms with Crippen LogP contribution in [0.25, 0.3) is 0 Å². The second-order valence-electron chi connectivity index (χ2n) is 7.33. The van der Waals surface area contributed by atoms with Gasteiger partial charge in [-0.1, -0.05) is 29.3 Å². The van der Waals surface area contributed by atoms with Crippen molar-refractivity contribution in [2.45, 2.75) is 38.1 Å². The number of halogens is 3. The summed E-state index contributed by atoms with van der Waals surface area (Å²) in [5.41, 5.74) is 1.05. The molecule has 1 saturated heterocycles. The van der Waals surface area contributed by atoms with Crippen LogP contribution in [-0.4, -0.2) is 47.6 Å². The Bertz CT molecular complexity index is 615. The summed E-state index contributed by atoms with van der Waals surface area (Å²) < 4.78 is 0.0729. The molecule has 1 aliphatic carbocycles. The van der Waals surface area contributed by atoms with Crippen LogP contribution in [0.4, 0.5) is 10.5 Å². The zero-order chi connectivity index (χ0) is 18.5. The molecular formula is C19H26Cl2IN3O. The Kier molecular flexibility index (Phi) is 7.73. The molecule has 0 radical (unpaired) electrons. The van der Waals surface area contributed by atoms with E-state index in [1.807, 2.05) is 34.7 Å². The van der Waals surface area contributed by atoms with Crippen molar-refractivity contribution in [2.24, 2.45) is 5.92 Å². The van der Waals surface area contributed by atoms with Crippen LogP contribution in [0.3, 0.4) is 0 Å². The van der Waals surface area contributed by atoms with E-state index in [0.29, 0.717) is 16.1 Å². The maximum absolute atomic E-state index is 11.1. The Hall–Kier alpha value is -0.240. The third kappa shape index (κ3) is 5.63. The molecule has 144 valence electrons. The number of carbonyl (C=O) groups is 1. The zero-order valence-electron chi connectivity index (χ0n) is 14.9. The number of nitrogens with one attached hydrogen (secondary N) is 1. The Morgan fingerprint density at radius 3 is 2.46 bits per heavy atom. The fourth-order valence-electron chi connectivity index (χ4n) is 4.07. The van der Waals surface area contributed by atoms with Gasteiger partial charge in [-0.3, -0.25) is 9.69 Å². The second-order valence-corrected chi connectivity index (χ2v) is 9.09. The molecule has 1 saturated carbocycles. The third-order valence-corrected chi connectivity index (χ3v) is 6.78. The largest absolute Gasteiger partial charge is 0.368 e. The van der Waals surface area contributed by atoms with Crippen molar-refractivity contribution in [3.8, 4) is 0 Å². The second kappa shape index (κ2) is 9.80. The average Bonchev–Trinajstić information content (AvgIpc) is 2.63. The van der Waals surface area contributed by atoms with Gasteiger partial charge < -0.3 is 10.2 Å². The molecule has 1 heterocycles. The monoisotopic (exact) mass is 509 g/mol. The predicted octanol–water partition coefficient (Wildman–Crippen LogP) is 5.21. The highest BCUT2D eigenvalue weighted by molar-refractivity contribution is 14.1. The Morgan fingerprint density at radius 1 is 1.12 bits per heavy atom. The standard InChI is InChI=1S/C19H26Cl2IN3O/c20-16-2-1-3-17(18(16)21)25-12-10-24(11-13-25)9-8-14-4-6-15(7-5-14)23-19(22)26/h1-3,14-15H,4-13H2,(H,23,26)/t14-,15-. The van der Waals surface area contributed by atoms with E-state index in [1.54, 1.807) is 0 Å². The molecule has 0 atom stereocenters. The van der Waals surface area contributed by atoms with Crippen LogP contribution < -0.4 is 10.2 Å². The maximum atomic E-state index is 11.1. The minimum Gasteiger partial charge on any atom is -0.368 e. The number of amides is 1. The van der Waals surface area contributed by atoms with E-state index in [-0.39, 0.29) is 3.91 Å². The molecular weight excluding hydrogens is 484 g/mol. The number of nitrogens with zero attached hydrogens (tertiary/aromatic N) is 2. The number of benzene rings is 1. The molecule has 0 unspecified atom stereocenters. The molecule has 2 fully saturated rings. The molecule has 0 spiro atoms. The third-order valence-electron chi connectivity index (χ3n) is 5.66. The van der Waals surface area contributed by atoms with Gasteiger partial charge in [0.1, 0.15) is 0 Å². The zero-order valence-corrected chi connectivity index (χ0v) is 18.6. The van der Waals surface area contributed by atoms with Crippen molar-refractivity contribution >= 4 is 55.4 Å². The SMILES string of the molecule is O=C(I)N[C@H]1CC[C@H](CCN2CCN(c3cccc(Cl)c3Cl)CC2)CC1. The van der Waals surface area contributed by atoms with Gasteiger partial charge in [0.15, 0.2) is 0 Å². The van der Waals surface area contributed by atoms with Crippen LogP contribution in [0.2, 0.25) is 10.0 Å². The lowest BCUT2D eigenvalue weighted by Crippen LogP contribution is -2.47. The summed E-state index contributed by atoms with van der Waals surface area (Å²) in [4.78, 5) is 16.0. The number of rotatable bonds is 5. The fraction of sp³-hybridized carbons (Fsp3) is 0.632. The van der Waals surface area contributed by atoms with Gasteiger partial charge in [-0.25, -0.2) is 0 Å². The minimum absolute atomic E-state index is 0.0729.